The highest BCUT2D eigenvalue weighted by Gasteiger charge is 2.13. The van der Waals surface area contributed by atoms with Gasteiger partial charge in [0, 0.05) is 0 Å². The standard InChI is InChI=1S/C19H28N4O2/c1-2-3-11-16(14-24)22-18-17(13-21-19(20)23-18)25-12-7-10-15-8-5-4-6-9-15/h4-6,8-9,13,16,24H,2-3,7,10-12,14H2,1H3,(H3,20,21,22,23). The van der Waals surface area contributed by atoms with Gasteiger partial charge in [0.25, 0.3) is 0 Å². The molecule has 0 saturated carbocycles. The molecule has 1 aromatic heterocycles. The average Bonchev–Trinajstić information content (AvgIpc) is 2.64. The molecule has 2 rings (SSSR count). The van der Waals surface area contributed by atoms with Gasteiger partial charge < -0.3 is 20.9 Å². The Bertz CT molecular complexity index is 622. The lowest BCUT2D eigenvalue weighted by molar-refractivity contribution is 0.265. The number of hydrogen-bond acceptors (Lipinski definition) is 6. The summed E-state index contributed by atoms with van der Waals surface area (Å²) in [5.41, 5.74) is 6.99. The molecule has 0 aliphatic carbocycles. The molecule has 25 heavy (non-hydrogen) atoms. The van der Waals surface area contributed by atoms with Gasteiger partial charge in [0.2, 0.25) is 5.95 Å². The molecular weight excluding hydrogens is 316 g/mol. The lowest BCUT2D eigenvalue weighted by atomic mass is 10.1. The Balaban J connectivity index is 1.90. The number of rotatable bonds is 11. The van der Waals surface area contributed by atoms with E-state index < -0.39 is 0 Å². The van der Waals surface area contributed by atoms with Crippen molar-refractivity contribution in [1.29, 1.82) is 0 Å². The molecular formula is C19H28N4O2. The number of hydrogen-bond donors (Lipinski definition) is 3. The summed E-state index contributed by atoms with van der Waals surface area (Å²) in [6.07, 6.45) is 6.41. The number of nitrogens with two attached hydrogens (primary N) is 1. The van der Waals surface area contributed by atoms with Gasteiger partial charge in [0.05, 0.1) is 25.5 Å². The molecule has 1 atom stereocenters. The van der Waals surface area contributed by atoms with Crippen molar-refractivity contribution in [2.45, 2.75) is 45.1 Å². The van der Waals surface area contributed by atoms with Crippen molar-refractivity contribution in [2.75, 3.05) is 24.3 Å². The molecule has 1 aromatic carbocycles. The van der Waals surface area contributed by atoms with Crippen molar-refractivity contribution in [2.24, 2.45) is 0 Å². The third-order valence-electron chi connectivity index (χ3n) is 3.95. The van der Waals surface area contributed by atoms with Crippen LogP contribution in [-0.4, -0.2) is 34.3 Å². The van der Waals surface area contributed by atoms with E-state index in [2.05, 4.69) is 34.3 Å². The second-order valence-corrected chi connectivity index (χ2v) is 6.04. The molecule has 0 aliphatic rings. The molecule has 0 saturated heterocycles. The Kier molecular flexibility index (Phi) is 7.98. The molecule has 136 valence electrons. The van der Waals surface area contributed by atoms with Crippen molar-refractivity contribution >= 4 is 11.8 Å². The third kappa shape index (κ3) is 6.58. The van der Waals surface area contributed by atoms with Crippen LogP contribution in [0.15, 0.2) is 36.5 Å². The maximum absolute atomic E-state index is 9.54. The molecule has 6 heteroatoms. The Hall–Kier alpha value is -2.34. The predicted molar refractivity (Wildman–Crippen MR) is 101 cm³/mol. The normalized spacial score (nSPS) is 11.9. The van der Waals surface area contributed by atoms with Crippen molar-refractivity contribution in [3.8, 4) is 5.75 Å². The zero-order chi connectivity index (χ0) is 17.9. The van der Waals surface area contributed by atoms with Crippen LogP contribution in [0.2, 0.25) is 0 Å². The Morgan fingerprint density at radius 1 is 1.24 bits per heavy atom. The second-order valence-electron chi connectivity index (χ2n) is 6.04. The summed E-state index contributed by atoms with van der Waals surface area (Å²) in [7, 11) is 0. The van der Waals surface area contributed by atoms with Gasteiger partial charge in [-0.2, -0.15) is 4.98 Å². The van der Waals surface area contributed by atoms with Gasteiger partial charge in [-0.15, -0.1) is 0 Å². The molecule has 4 N–H and O–H groups in total. The number of nitrogens with zero attached hydrogens (tertiary/aromatic N) is 2. The van der Waals surface area contributed by atoms with Gasteiger partial charge >= 0.3 is 0 Å². The lowest BCUT2D eigenvalue weighted by Crippen LogP contribution is -2.25. The van der Waals surface area contributed by atoms with E-state index in [1.54, 1.807) is 6.20 Å². The monoisotopic (exact) mass is 344 g/mol. The first-order valence-electron chi connectivity index (χ1n) is 8.89. The van der Waals surface area contributed by atoms with Gasteiger partial charge in [-0.05, 0) is 24.8 Å². The number of nitrogens with one attached hydrogen (secondary N) is 1. The summed E-state index contributed by atoms with van der Waals surface area (Å²) in [6.45, 7) is 2.73. The number of anilines is 2. The van der Waals surface area contributed by atoms with Crippen molar-refractivity contribution < 1.29 is 9.84 Å². The number of benzene rings is 1. The third-order valence-corrected chi connectivity index (χ3v) is 3.95. The number of ether oxygens (including phenoxy) is 1. The maximum atomic E-state index is 9.54. The van der Waals surface area contributed by atoms with Crippen LogP contribution in [0.25, 0.3) is 0 Å². The van der Waals surface area contributed by atoms with Crippen molar-refractivity contribution in [3.63, 3.8) is 0 Å². The Morgan fingerprint density at radius 3 is 2.76 bits per heavy atom. The number of aromatic nitrogens is 2. The smallest absolute Gasteiger partial charge is 0.222 e. The molecule has 0 bridgehead atoms. The molecule has 1 unspecified atom stereocenters. The summed E-state index contributed by atoms with van der Waals surface area (Å²) < 4.78 is 5.84. The zero-order valence-electron chi connectivity index (χ0n) is 14.8. The van der Waals surface area contributed by atoms with Crippen LogP contribution < -0.4 is 15.8 Å². The van der Waals surface area contributed by atoms with Crippen LogP contribution in [0.1, 0.15) is 38.2 Å². The fraction of sp³-hybridized carbons (Fsp3) is 0.474. The van der Waals surface area contributed by atoms with Gasteiger partial charge in [0.15, 0.2) is 11.6 Å². The summed E-state index contributed by atoms with van der Waals surface area (Å²) >= 11 is 0. The topological polar surface area (TPSA) is 93.3 Å². The SMILES string of the molecule is CCCCC(CO)Nc1nc(N)ncc1OCCCc1ccccc1. The van der Waals surface area contributed by atoms with Gasteiger partial charge in [-0.25, -0.2) is 4.98 Å². The number of aliphatic hydroxyl groups is 1. The van der Waals surface area contributed by atoms with E-state index in [0.29, 0.717) is 18.2 Å². The van der Waals surface area contributed by atoms with E-state index >= 15 is 0 Å². The van der Waals surface area contributed by atoms with Crippen LogP contribution in [0.3, 0.4) is 0 Å². The van der Waals surface area contributed by atoms with E-state index in [-0.39, 0.29) is 18.6 Å². The van der Waals surface area contributed by atoms with Crippen molar-refractivity contribution in [3.05, 3.63) is 42.1 Å². The minimum atomic E-state index is -0.0686. The Morgan fingerprint density at radius 2 is 2.04 bits per heavy atom. The summed E-state index contributed by atoms with van der Waals surface area (Å²) in [6, 6.07) is 10.2. The van der Waals surface area contributed by atoms with Crippen LogP contribution >= 0.6 is 0 Å². The van der Waals surface area contributed by atoms with E-state index in [9.17, 15) is 5.11 Å². The maximum Gasteiger partial charge on any atom is 0.222 e. The summed E-state index contributed by atoms with van der Waals surface area (Å²) in [5, 5.41) is 12.8. The van der Waals surface area contributed by atoms with Crippen LogP contribution in [0, 0.1) is 0 Å². The molecule has 1 heterocycles. The second kappa shape index (κ2) is 10.5. The van der Waals surface area contributed by atoms with Gasteiger partial charge in [0.1, 0.15) is 0 Å². The molecule has 6 nitrogen and oxygen atoms in total. The molecule has 0 spiro atoms. The lowest BCUT2D eigenvalue weighted by Gasteiger charge is -2.19. The average molecular weight is 344 g/mol. The minimum absolute atomic E-state index is 0.0390. The zero-order valence-corrected chi connectivity index (χ0v) is 14.8. The summed E-state index contributed by atoms with van der Waals surface area (Å²) in [5.74, 6) is 1.30. The highest BCUT2D eigenvalue weighted by Crippen LogP contribution is 2.23. The first kappa shape index (κ1) is 19.0. The highest BCUT2D eigenvalue weighted by atomic mass is 16.5. The fourth-order valence-electron chi connectivity index (χ4n) is 2.55. The van der Waals surface area contributed by atoms with Crippen LogP contribution in [0.4, 0.5) is 11.8 Å². The first-order valence-corrected chi connectivity index (χ1v) is 8.89. The molecule has 0 aliphatic heterocycles. The first-order chi connectivity index (χ1) is 12.2. The van der Waals surface area contributed by atoms with Gasteiger partial charge in [-0.1, -0.05) is 50.1 Å². The quantitative estimate of drug-likeness (QED) is 0.543. The van der Waals surface area contributed by atoms with Crippen LogP contribution in [0.5, 0.6) is 5.75 Å². The number of aryl methyl sites for hydroxylation is 1. The largest absolute Gasteiger partial charge is 0.488 e. The van der Waals surface area contributed by atoms with Gasteiger partial charge in [-0.3, -0.25) is 0 Å². The van der Waals surface area contributed by atoms with Crippen molar-refractivity contribution in [1.82, 2.24) is 9.97 Å². The highest BCUT2D eigenvalue weighted by molar-refractivity contribution is 5.51. The molecule has 2 aromatic rings. The molecule has 0 radical (unpaired) electrons. The van der Waals surface area contributed by atoms with E-state index in [1.807, 2.05) is 18.2 Å². The number of unbranched alkanes of at least 4 members (excludes halogenated alkanes) is 1. The number of nitrogen functional groups attached to an aromatic ring is 1. The fourth-order valence-corrected chi connectivity index (χ4v) is 2.55. The van der Waals surface area contributed by atoms with E-state index in [4.69, 9.17) is 10.5 Å². The summed E-state index contributed by atoms with van der Waals surface area (Å²) in [4.78, 5) is 8.24. The minimum Gasteiger partial charge on any atom is -0.488 e. The number of aliphatic hydroxyl groups excluding tert-OH is 1. The molecule has 0 fully saturated rings. The van der Waals surface area contributed by atoms with E-state index in [1.165, 1.54) is 5.56 Å². The molecule has 0 amide bonds. The van der Waals surface area contributed by atoms with E-state index in [0.717, 1.165) is 32.1 Å². The predicted octanol–water partition coefficient (Wildman–Crippen LogP) is 3.03. The Labute approximate surface area is 149 Å². The van der Waals surface area contributed by atoms with Crippen LogP contribution in [-0.2, 0) is 6.42 Å².